The van der Waals surface area contributed by atoms with Crippen molar-refractivity contribution in [3.05, 3.63) is 69.9 Å². The number of hydrogen-bond acceptors (Lipinski definition) is 2. The van der Waals surface area contributed by atoms with E-state index in [4.69, 9.17) is 11.6 Å². The molecule has 0 bridgehead atoms. The van der Waals surface area contributed by atoms with Crippen LogP contribution in [0.4, 0.5) is 5.69 Å². The van der Waals surface area contributed by atoms with Crippen molar-refractivity contribution >= 4 is 35.2 Å². The summed E-state index contributed by atoms with van der Waals surface area (Å²) < 4.78 is 0. The molecule has 2 amide bonds. The Balaban J connectivity index is 2.30. The van der Waals surface area contributed by atoms with E-state index in [0.29, 0.717) is 10.7 Å². The summed E-state index contributed by atoms with van der Waals surface area (Å²) in [6.07, 6.45) is 1.65. The molecule has 4 nitrogen and oxygen atoms in total. The lowest BCUT2D eigenvalue weighted by Gasteiger charge is -2.11. The van der Waals surface area contributed by atoms with E-state index in [-0.39, 0.29) is 11.6 Å². The zero-order chi connectivity index (χ0) is 17.7. The van der Waals surface area contributed by atoms with Gasteiger partial charge in [-0.2, -0.15) is 0 Å². The van der Waals surface area contributed by atoms with Gasteiger partial charge in [-0.1, -0.05) is 41.9 Å². The number of rotatable bonds is 4. The number of carbonyl (C=O) groups is 2. The number of nitrogens with one attached hydrogen (secondary N) is 2. The van der Waals surface area contributed by atoms with Crippen LogP contribution in [0.15, 0.2) is 48.2 Å². The predicted molar refractivity (Wildman–Crippen MR) is 97.8 cm³/mol. The van der Waals surface area contributed by atoms with Gasteiger partial charge in [0.1, 0.15) is 5.70 Å². The Kier molecular flexibility index (Phi) is 5.77. The minimum atomic E-state index is -0.409. The summed E-state index contributed by atoms with van der Waals surface area (Å²) in [4.78, 5) is 24.0. The van der Waals surface area contributed by atoms with Crippen molar-refractivity contribution in [3.8, 4) is 0 Å². The van der Waals surface area contributed by atoms with Gasteiger partial charge in [-0.3, -0.25) is 9.59 Å². The molecule has 24 heavy (non-hydrogen) atoms. The molecule has 0 spiro atoms. The lowest BCUT2D eigenvalue weighted by Crippen LogP contribution is -2.29. The molecule has 0 saturated carbocycles. The van der Waals surface area contributed by atoms with Crippen molar-refractivity contribution in [1.29, 1.82) is 0 Å². The Morgan fingerprint density at radius 3 is 2.38 bits per heavy atom. The van der Waals surface area contributed by atoms with Crippen LogP contribution in [0, 0.1) is 13.8 Å². The fourth-order valence-corrected chi connectivity index (χ4v) is 2.30. The highest BCUT2D eigenvalue weighted by atomic mass is 35.5. The molecule has 0 aromatic heterocycles. The van der Waals surface area contributed by atoms with Crippen LogP contribution < -0.4 is 10.6 Å². The molecule has 0 heterocycles. The predicted octanol–water partition coefficient (Wildman–Crippen LogP) is 4.07. The average molecular weight is 343 g/mol. The van der Waals surface area contributed by atoms with Crippen LogP contribution in [-0.4, -0.2) is 11.8 Å². The maximum Gasteiger partial charge on any atom is 0.272 e. The molecule has 0 aliphatic carbocycles. The molecule has 0 aliphatic heterocycles. The largest absolute Gasteiger partial charge is 0.322 e. The molecule has 0 aliphatic rings. The normalized spacial score (nSPS) is 11.1. The Morgan fingerprint density at radius 1 is 1.04 bits per heavy atom. The molecule has 2 aromatic carbocycles. The van der Waals surface area contributed by atoms with Crippen LogP contribution in [0.25, 0.3) is 6.08 Å². The minimum Gasteiger partial charge on any atom is -0.322 e. The highest BCUT2D eigenvalue weighted by Gasteiger charge is 2.12. The first kappa shape index (κ1) is 17.8. The smallest absolute Gasteiger partial charge is 0.272 e. The average Bonchev–Trinajstić information content (AvgIpc) is 2.52. The van der Waals surface area contributed by atoms with Crippen molar-refractivity contribution < 1.29 is 9.59 Å². The third-order valence-corrected chi connectivity index (χ3v) is 3.88. The van der Waals surface area contributed by atoms with E-state index in [2.05, 4.69) is 10.6 Å². The van der Waals surface area contributed by atoms with Crippen molar-refractivity contribution in [1.82, 2.24) is 5.32 Å². The van der Waals surface area contributed by atoms with Crippen molar-refractivity contribution in [2.75, 3.05) is 5.32 Å². The number of aryl methyl sites for hydroxylation is 2. The van der Waals surface area contributed by atoms with Gasteiger partial charge in [0.25, 0.3) is 5.91 Å². The van der Waals surface area contributed by atoms with E-state index in [1.165, 1.54) is 6.92 Å². The van der Waals surface area contributed by atoms with Crippen LogP contribution in [0.1, 0.15) is 23.6 Å². The van der Waals surface area contributed by atoms with Crippen LogP contribution in [-0.2, 0) is 9.59 Å². The summed E-state index contributed by atoms with van der Waals surface area (Å²) in [7, 11) is 0. The SMILES string of the molecule is CC(=O)N/C(=C\c1ccccc1C)C(=O)Nc1ccc(C)c(Cl)c1. The number of amides is 2. The van der Waals surface area contributed by atoms with E-state index >= 15 is 0 Å². The summed E-state index contributed by atoms with van der Waals surface area (Å²) >= 11 is 6.08. The van der Waals surface area contributed by atoms with E-state index in [1.54, 1.807) is 18.2 Å². The molecule has 2 N–H and O–H groups in total. The van der Waals surface area contributed by atoms with Crippen molar-refractivity contribution in [3.63, 3.8) is 0 Å². The Labute approximate surface area is 146 Å². The minimum absolute atomic E-state index is 0.175. The summed E-state index contributed by atoms with van der Waals surface area (Å²) in [6, 6.07) is 12.9. The van der Waals surface area contributed by atoms with Crippen LogP contribution in [0.2, 0.25) is 5.02 Å². The molecule has 0 atom stereocenters. The van der Waals surface area contributed by atoms with Gasteiger partial charge in [-0.25, -0.2) is 0 Å². The quantitative estimate of drug-likeness (QED) is 0.823. The second-order valence-corrected chi connectivity index (χ2v) is 5.92. The van der Waals surface area contributed by atoms with Gasteiger partial charge in [0, 0.05) is 17.6 Å². The Morgan fingerprint density at radius 2 is 1.75 bits per heavy atom. The topological polar surface area (TPSA) is 58.2 Å². The molecular weight excluding hydrogens is 324 g/mol. The van der Waals surface area contributed by atoms with Gasteiger partial charge in [0.05, 0.1) is 0 Å². The molecule has 0 unspecified atom stereocenters. The maximum absolute atomic E-state index is 12.5. The molecule has 2 rings (SSSR count). The Hall–Kier alpha value is -2.59. The molecule has 0 fully saturated rings. The lowest BCUT2D eigenvalue weighted by molar-refractivity contribution is -0.120. The number of carbonyl (C=O) groups excluding carboxylic acids is 2. The molecular formula is C19H19ClN2O2. The van der Waals surface area contributed by atoms with E-state index < -0.39 is 5.91 Å². The second-order valence-electron chi connectivity index (χ2n) is 5.51. The number of anilines is 1. The Bertz CT molecular complexity index is 813. The van der Waals surface area contributed by atoms with Gasteiger partial charge < -0.3 is 10.6 Å². The molecule has 2 aromatic rings. The first-order valence-electron chi connectivity index (χ1n) is 7.49. The highest BCUT2D eigenvalue weighted by molar-refractivity contribution is 6.31. The van der Waals surface area contributed by atoms with Gasteiger partial charge in [0.15, 0.2) is 0 Å². The number of benzene rings is 2. The number of hydrogen-bond donors (Lipinski definition) is 2. The molecule has 5 heteroatoms. The maximum atomic E-state index is 12.5. The van der Waals surface area contributed by atoms with Gasteiger partial charge >= 0.3 is 0 Å². The standard InChI is InChI=1S/C19H19ClN2O2/c1-12-6-4-5-7-15(12)10-18(21-14(3)23)19(24)22-16-9-8-13(2)17(20)11-16/h4-11H,1-3H3,(H,21,23)(H,22,24)/b18-10-. The summed E-state index contributed by atoms with van der Waals surface area (Å²) in [5.41, 5.74) is 3.53. The highest BCUT2D eigenvalue weighted by Crippen LogP contribution is 2.20. The first-order chi connectivity index (χ1) is 11.4. The fraction of sp³-hybridized carbons (Fsp3) is 0.158. The van der Waals surface area contributed by atoms with Crippen LogP contribution in [0.5, 0.6) is 0 Å². The fourth-order valence-electron chi connectivity index (χ4n) is 2.12. The molecule has 0 radical (unpaired) electrons. The second kappa shape index (κ2) is 7.79. The van der Waals surface area contributed by atoms with Crippen molar-refractivity contribution in [2.45, 2.75) is 20.8 Å². The zero-order valence-corrected chi connectivity index (χ0v) is 14.6. The first-order valence-corrected chi connectivity index (χ1v) is 7.87. The molecule has 124 valence electrons. The van der Waals surface area contributed by atoms with Crippen LogP contribution >= 0.6 is 11.6 Å². The summed E-state index contributed by atoms with van der Waals surface area (Å²) in [6.45, 7) is 5.19. The number of halogens is 1. The van der Waals surface area contributed by atoms with E-state index in [9.17, 15) is 9.59 Å². The summed E-state index contributed by atoms with van der Waals surface area (Å²) in [5, 5.41) is 5.89. The van der Waals surface area contributed by atoms with Gasteiger partial charge in [-0.05, 0) is 48.7 Å². The molecule has 0 saturated heterocycles. The summed E-state index contributed by atoms with van der Waals surface area (Å²) in [5.74, 6) is -0.722. The van der Waals surface area contributed by atoms with Gasteiger partial charge in [-0.15, -0.1) is 0 Å². The third kappa shape index (κ3) is 4.70. The van der Waals surface area contributed by atoms with Crippen LogP contribution in [0.3, 0.4) is 0 Å². The lowest BCUT2D eigenvalue weighted by atomic mass is 10.1. The van der Waals surface area contributed by atoms with E-state index in [1.807, 2.05) is 44.2 Å². The zero-order valence-electron chi connectivity index (χ0n) is 13.8. The van der Waals surface area contributed by atoms with Gasteiger partial charge in [0.2, 0.25) is 5.91 Å². The van der Waals surface area contributed by atoms with Crippen molar-refractivity contribution in [2.24, 2.45) is 0 Å². The van der Waals surface area contributed by atoms with E-state index in [0.717, 1.165) is 16.7 Å². The monoisotopic (exact) mass is 342 g/mol. The third-order valence-electron chi connectivity index (χ3n) is 3.47.